The van der Waals surface area contributed by atoms with Crippen LogP contribution < -0.4 is 10.6 Å². The first-order valence-corrected chi connectivity index (χ1v) is 10.6. The molecular weight excluding hydrogens is 523 g/mol. The lowest BCUT2D eigenvalue weighted by Crippen LogP contribution is -2.48. The maximum absolute atomic E-state index is 13.8. The van der Waals surface area contributed by atoms with Gasteiger partial charge in [0.15, 0.2) is 0 Å². The number of carbonyl (C=O) groups is 1. The molecule has 1 amide bonds. The van der Waals surface area contributed by atoms with Crippen molar-refractivity contribution in [2.45, 2.75) is 50.1 Å². The van der Waals surface area contributed by atoms with Crippen LogP contribution in [0.3, 0.4) is 0 Å². The average Bonchev–Trinajstić information content (AvgIpc) is 2.79. The molecule has 2 aromatic rings. The van der Waals surface area contributed by atoms with Crippen molar-refractivity contribution in [2.75, 3.05) is 19.0 Å². The van der Waals surface area contributed by atoms with Gasteiger partial charge in [0.2, 0.25) is 11.5 Å². The van der Waals surface area contributed by atoms with E-state index in [1.807, 2.05) is 0 Å². The Kier molecular flexibility index (Phi) is 9.13. The fourth-order valence-corrected chi connectivity index (χ4v) is 3.15. The first kappa shape index (κ1) is 30.2. The summed E-state index contributed by atoms with van der Waals surface area (Å²) in [5.74, 6) is -0.314. The van der Waals surface area contributed by atoms with Crippen LogP contribution in [0.15, 0.2) is 42.5 Å². The topological polar surface area (TPSA) is 70.6 Å². The van der Waals surface area contributed by atoms with Crippen molar-refractivity contribution in [2.24, 2.45) is 0 Å². The summed E-state index contributed by atoms with van der Waals surface area (Å²) >= 11 is 0. The predicted molar refractivity (Wildman–Crippen MR) is 114 cm³/mol. The van der Waals surface area contributed by atoms with Gasteiger partial charge >= 0.3 is 18.5 Å². The van der Waals surface area contributed by atoms with Gasteiger partial charge in [-0.3, -0.25) is 4.79 Å². The maximum Gasteiger partial charge on any atom is 0.423 e. The molecule has 0 aliphatic heterocycles. The van der Waals surface area contributed by atoms with Crippen molar-refractivity contribution < 1.29 is 54.2 Å². The number of hydrogen-bond donors (Lipinski definition) is 3. The van der Waals surface area contributed by atoms with Crippen LogP contribution >= 0.6 is 0 Å². The van der Waals surface area contributed by atoms with Gasteiger partial charge in [0, 0.05) is 19.3 Å². The molecule has 0 aromatic heterocycles. The summed E-state index contributed by atoms with van der Waals surface area (Å²) in [5.41, 5.74) is -9.19. The lowest BCUT2D eigenvalue weighted by atomic mass is 9.89. The summed E-state index contributed by atoms with van der Waals surface area (Å²) in [5, 5.41) is 15.2. The molecule has 37 heavy (non-hydrogen) atoms. The molecular formula is C23H23F9N2O3. The molecule has 2 aromatic carbocycles. The maximum atomic E-state index is 13.8. The van der Waals surface area contributed by atoms with Gasteiger partial charge in [-0.2, -0.15) is 39.5 Å². The van der Waals surface area contributed by atoms with Crippen molar-refractivity contribution in [1.82, 2.24) is 5.32 Å². The molecule has 0 heterocycles. The van der Waals surface area contributed by atoms with Crippen molar-refractivity contribution in [3.05, 3.63) is 64.7 Å². The number of alkyl halides is 9. The molecule has 0 aliphatic carbocycles. The van der Waals surface area contributed by atoms with Crippen LogP contribution in [-0.4, -0.2) is 36.9 Å². The molecule has 0 radical (unpaired) electrons. The quantitative estimate of drug-likeness (QED) is 0.357. The normalized spacial score (nSPS) is 15.1. The fourth-order valence-electron chi connectivity index (χ4n) is 3.15. The number of amides is 1. The molecule has 0 saturated carbocycles. The number of anilines is 1. The highest BCUT2D eigenvalue weighted by Crippen LogP contribution is 2.44. The zero-order valence-electron chi connectivity index (χ0n) is 19.4. The van der Waals surface area contributed by atoms with Crippen LogP contribution in [0.2, 0.25) is 0 Å². The largest absolute Gasteiger partial charge is 0.423 e. The predicted octanol–water partition coefficient (Wildman–Crippen LogP) is 5.63. The van der Waals surface area contributed by atoms with Crippen LogP contribution in [0.1, 0.15) is 35.6 Å². The van der Waals surface area contributed by atoms with E-state index in [4.69, 9.17) is 4.74 Å². The average molecular weight is 546 g/mol. The summed E-state index contributed by atoms with van der Waals surface area (Å²) in [6.45, 7) is 0.276. The fraction of sp³-hybridized carbons (Fsp3) is 0.435. The number of ether oxygens (including phenoxy) is 1. The SMILES string of the molecule is CO[C@@H](C)CC(=O)NCc1ccc(NC[C@](O)(c2cc(C(F)(F)F)cc(C(F)(F)F)c2)C(F)(F)F)cc1. The molecule has 14 heteroatoms. The summed E-state index contributed by atoms with van der Waals surface area (Å²) in [7, 11) is 1.44. The third kappa shape index (κ3) is 7.99. The Morgan fingerprint density at radius 2 is 1.38 bits per heavy atom. The van der Waals surface area contributed by atoms with E-state index in [0.717, 1.165) is 0 Å². The zero-order valence-corrected chi connectivity index (χ0v) is 19.4. The number of nitrogens with one attached hydrogen (secondary N) is 2. The summed E-state index contributed by atoms with van der Waals surface area (Å²) in [6.07, 6.45) is -16.7. The number of aliphatic hydroxyl groups is 1. The first-order valence-electron chi connectivity index (χ1n) is 10.6. The summed E-state index contributed by atoms with van der Waals surface area (Å²) < 4.78 is 125. The van der Waals surface area contributed by atoms with E-state index < -0.39 is 47.4 Å². The summed E-state index contributed by atoms with van der Waals surface area (Å²) in [4.78, 5) is 11.8. The van der Waals surface area contributed by atoms with Gasteiger partial charge in [-0.1, -0.05) is 12.1 Å². The molecule has 206 valence electrons. The number of carbonyl (C=O) groups excluding carboxylic acids is 1. The lowest BCUT2D eigenvalue weighted by molar-refractivity contribution is -0.261. The third-order valence-corrected chi connectivity index (χ3v) is 5.40. The molecule has 0 bridgehead atoms. The monoisotopic (exact) mass is 546 g/mol. The van der Waals surface area contributed by atoms with Gasteiger partial charge in [-0.05, 0) is 48.4 Å². The van der Waals surface area contributed by atoms with Crippen molar-refractivity contribution >= 4 is 11.6 Å². The minimum Gasteiger partial charge on any atom is -0.381 e. The Balaban J connectivity index is 2.27. The van der Waals surface area contributed by atoms with E-state index >= 15 is 0 Å². The highest BCUT2D eigenvalue weighted by Gasteiger charge is 2.56. The second-order valence-corrected chi connectivity index (χ2v) is 8.23. The highest BCUT2D eigenvalue weighted by molar-refractivity contribution is 5.76. The highest BCUT2D eigenvalue weighted by atomic mass is 19.4. The summed E-state index contributed by atoms with van der Waals surface area (Å²) in [6, 6.07) is 4.71. The minimum absolute atomic E-state index is 0.0197. The van der Waals surface area contributed by atoms with Gasteiger partial charge in [0.05, 0.1) is 30.2 Å². The van der Waals surface area contributed by atoms with Crippen LogP contribution in [0, 0.1) is 0 Å². The molecule has 5 nitrogen and oxygen atoms in total. The Hall–Kier alpha value is -3.00. The minimum atomic E-state index is -5.64. The van der Waals surface area contributed by atoms with Crippen molar-refractivity contribution in [3.8, 4) is 0 Å². The number of benzene rings is 2. The van der Waals surface area contributed by atoms with Gasteiger partial charge in [0.25, 0.3) is 0 Å². The smallest absolute Gasteiger partial charge is 0.381 e. The van der Waals surface area contributed by atoms with Crippen LogP contribution in [0.4, 0.5) is 45.2 Å². The number of halogens is 9. The van der Waals surface area contributed by atoms with Gasteiger partial charge in [-0.25, -0.2) is 0 Å². The molecule has 2 rings (SSSR count). The van der Waals surface area contributed by atoms with E-state index in [1.165, 1.54) is 31.4 Å². The molecule has 0 saturated heterocycles. The molecule has 0 spiro atoms. The van der Waals surface area contributed by atoms with E-state index in [-0.39, 0.29) is 48.9 Å². The van der Waals surface area contributed by atoms with Crippen molar-refractivity contribution in [3.63, 3.8) is 0 Å². The zero-order chi connectivity index (χ0) is 28.2. The van der Waals surface area contributed by atoms with Gasteiger partial charge in [0.1, 0.15) is 0 Å². The van der Waals surface area contributed by atoms with E-state index in [2.05, 4.69) is 10.6 Å². The third-order valence-electron chi connectivity index (χ3n) is 5.40. The molecule has 2 atom stereocenters. The Morgan fingerprint density at radius 1 is 0.892 bits per heavy atom. The standard InChI is InChI=1S/C23H23F9N2O3/c1-13(37-2)7-19(35)33-11-14-3-5-18(6-4-14)34-12-20(36,23(30,31)32)15-8-16(21(24,25)26)10-17(9-15)22(27,28)29/h3-6,8-10,13,34,36H,7,11-12H2,1-2H3,(H,33,35)/t13-,20-/m0/s1. The Labute approximate surface area is 205 Å². The lowest BCUT2D eigenvalue weighted by Gasteiger charge is -2.32. The second kappa shape index (κ2) is 11.2. The van der Waals surface area contributed by atoms with Crippen molar-refractivity contribution in [1.29, 1.82) is 0 Å². The van der Waals surface area contributed by atoms with Crippen LogP contribution in [0.25, 0.3) is 0 Å². The van der Waals surface area contributed by atoms with Gasteiger partial charge in [-0.15, -0.1) is 0 Å². The van der Waals surface area contributed by atoms with E-state index in [1.54, 1.807) is 6.92 Å². The first-order chi connectivity index (χ1) is 16.9. The van der Waals surface area contributed by atoms with Crippen LogP contribution in [0.5, 0.6) is 0 Å². The second-order valence-electron chi connectivity index (χ2n) is 8.23. The van der Waals surface area contributed by atoms with Crippen LogP contribution in [-0.2, 0) is 34.0 Å². The number of methoxy groups -OCH3 is 1. The molecule has 0 fully saturated rings. The number of rotatable bonds is 9. The molecule has 0 unspecified atom stereocenters. The van der Waals surface area contributed by atoms with E-state index in [9.17, 15) is 49.4 Å². The Bertz CT molecular complexity index is 1030. The Morgan fingerprint density at radius 3 is 1.81 bits per heavy atom. The van der Waals surface area contributed by atoms with Gasteiger partial charge < -0.3 is 20.5 Å². The van der Waals surface area contributed by atoms with E-state index in [0.29, 0.717) is 5.56 Å². The molecule has 3 N–H and O–H groups in total. The number of hydrogen-bond acceptors (Lipinski definition) is 4. The molecule has 0 aliphatic rings.